The summed E-state index contributed by atoms with van der Waals surface area (Å²) in [6.45, 7) is 5.32. The van der Waals surface area contributed by atoms with Gasteiger partial charge in [-0.15, -0.1) is 0 Å². The Morgan fingerprint density at radius 2 is 1.62 bits per heavy atom. The molecule has 0 radical (unpaired) electrons. The number of amides is 1. The van der Waals surface area contributed by atoms with Gasteiger partial charge in [-0.2, -0.15) is 0 Å². The summed E-state index contributed by atoms with van der Waals surface area (Å²) in [5.74, 6) is -1.39. The van der Waals surface area contributed by atoms with E-state index in [1.54, 1.807) is 39.0 Å². The van der Waals surface area contributed by atoms with Gasteiger partial charge >= 0.3 is 18.2 Å². The van der Waals surface area contributed by atoms with Crippen molar-refractivity contribution >= 4 is 40.7 Å². The van der Waals surface area contributed by atoms with Crippen molar-refractivity contribution in [2.45, 2.75) is 44.8 Å². The number of nitrogens with one attached hydrogen (secondary N) is 1. The first-order valence-electron chi connectivity index (χ1n) is 12.9. The fourth-order valence-corrected chi connectivity index (χ4v) is 5.26. The number of carbonyl (C=O) groups is 3. The maximum atomic E-state index is 12.9. The van der Waals surface area contributed by atoms with Gasteiger partial charge in [-0.1, -0.05) is 66.2 Å². The highest BCUT2D eigenvalue weighted by molar-refractivity contribution is 6.31. The lowest BCUT2D eigenvalue weighted by molar-refractivity contribution is -0.139. The summed E-state index contributed by atoms with van der Waals surface area (Å²) in [7, 11) is 0. The van der Waals surface area contributed by atoms with Crippen LogP contribution in [0.15, 0.2) is 72.9 Å². The Labute approximate surface area is 236 Å². The zero-order valence-corrected chi connectivity index (χ0v) is 23.1. The van der Waals surface area contributed by atoms with E-state index in [9.17, 15) is 19.5 Å². The molecule has 0 aliphatic heterocycles. The standard InChI is InChI=1S/C31H29ClN2O6/c1-31(2,3)40-30(38)34-16-18(20-13-12-19(32)15-27(20)34)14-26(28(35)36)33-29(37)39-17-25-23-10-6-4-8-21(23)22-9-5-7-11-24(22)25/h4-13,15-16,25-26H,14,17H2,1-3H3,(H,33,37)(H,35,36)/t26-/m0/s1. The first kappa shape index (κ1) is 27.3. The van der Waals surface area contributed by atoms with Crippen molar-refractivity contribution in [2.75, 3.05) is 6.61 Å². The molecule has 3 aromatic carbocycles. The zero-order chi connectivity index (χ0) is 28.6. The highest BCUT2D eigenvalue weighted by Crippen LogP contribution is 2.44. The molecule has 0 spiro atoms. The Morgan fingerprint density at radius 3 is 2.23 bits per heavy atom. The molecule has 4 aromatic rings. The van der Waals surface area contributed by atoms with Gasteiger partial charge in [-0.3, -0.25) is 4.57 Å². The highest BCUT2D eigenvalue weighted by atomic mass is 35.5. The van der Waals surface area contributed by atoms with Crippen LogP contribution in [0, 0.1) is 0 Å². The van der Waals surface area contributed by atoms with Crippen LogP contribution in [0.3, 0.4) is 0 Å². The topological polar surface area (TPSA) is 107 Å². The van der Waals surface area contributed by atoms with Crippen LogP contribution in [0.4, 0.5) is 9.59 Å². The Kier molecular flexibility index (Phi) is 7.29. The molecule has 0 unspecified atom stereocenters. The van der Waals surface area contributed by atoms with E-state index in [0.29, 0.717) is 21.5 Å². The first-order chi connectivity index (χ1) is 19.0. The third-order valence-electron chi connectivity index (χ3n) is 6.80. The molecule has 1 aliphatic rings. The minimum absolute atomic E-state index is 0.0582. The van der Waals surface area contributed by atoms with Crippen molar-refractivity contribution in [3.05, 3.63) is 94.6 Å². The minimum atomic E-state index is -1.30. The average molecular weight is 561 g/mol. The number of alkyl carbamates (subject to hydrolysis) is 1. The summed E-state index contributed by atoms with van der Waals surface area (Å²) in [4.78, 5) is 37.8. The number of aromatic nitrogens is 1. The fourth-order valence-electron chi connectivity index (χ4n) is 5.10. The molecule has 5 rings (SSSR count). The quantitative estimate of drug-likeness (QED) is 0.275. The Balaban J connectivity index is 1.33. The highest BCUT2D eigenvalue weighted by Gasteiger charge is 2.30. The molecule has 1 atom stereocenters. The van der Waals surface area contributed by atoms with E-state index >= 15 is 0 Å². The number of nitrogens with zero attached hydrogens (tertiary/aromatic N) is 1. The second-order valence-corrected chi connectivity index (χ2v) is 11.2. The van der Waals surface area contributed by atoms with E-state index in [2.05, 4.69) is 5.32 Å². The summed E-state index contributed by atoms with van der Waals surface area (Å²) in [5, 5.41) is 13.4. The molecule has 0 saturated heterocycles. The zero-order valence-electron chi connectivity index (χ0n) is 22.3. The maximum Gasteiger partial charge on any atom is 0.419 e. The number of ether oxygens (including phenoxy) is 2. The van der Waals surface area contributed by atoms with E-state index in [4.69, 9.17) is 21.1 Å². The first-order valence-corrected chi connectivity index (χ1v) is 13.3. The van der Waals surface area contributed by atoms with Crippen LogP contribution in [0.2, 0.25) is 5.02 Å². The number of carboxylic acid groups (broad SMARTS) is 1. The summed E-state index contributed by atoms with van der Waals surface area (Å²) in [6, 6.07) is 19.6. The van der Waals surface area contributed by atoms with E-state index < -0.39 is 29.8 Å². The van der Waals surface area contributed by atoms with Crippen molar-refractivity contribution in [3.63, 3.8) is 0 Å². The molecule has 1 aromatic heterocycles. The van der Waals surface area contributed by atoms with Gasteiger partial charge < -0.3 is 19.9 Å². The Bertz CT molecular complexity index is 1570. The lowest BCUT2D eigenvalue weighted by Gasteiger charge is -2.19. The third-order valence-corrected chi connectivity index (χ3v) is 7.03. The van der Waals surface area contributed by atoms with Crippen LogP contribution in [0.25, 0.3) is 22.0 Å². The molecular weight excluding hydrogens is 532 g/mol. The summed E-state index contributed by atoms with van der Waals surface area (Å²) >= 11 is 6.18. The molecular formula is C31H29ClN2O6. The van der Waals surface area contributed by atoms with Crippen molar-refractivity contribution in [2.24, 2.45) is 0 Å². The third kappa shape index (κ3) is 5.53. The van der Waals surface area contributed by atoms with Gasteiger partial charge in [0.1, 0.15) is 18.2 Å². The minimum Gasteiger partial charge on any atom is -0.480 e. The number of halogens is 1. The molecule has 0 saturated carbocycles. The van der Waals surface area contributed by atoms with Gasteiger partial charge in [0.05, 0.1) is 5.52 Å². The van der Waals surface area contributed by atoms with E-state index in [1.165, 1.54) is 10.8 Å². The van der Waals surface area contributed by atoms with E-state index in [0.717, 1.165) is 22.3 Å². The van der Waals surface area contributed by atoms with Crippen molar-refractivity contribution < 1.29 is 29.0 Å². The van der Waals surface area contributed by atoms with Gasteiger partial charge in [-0.25, -0.2) is 14.4 Å². The number of hydrogen-bond donors (Lipinski definition) is 2. The predicted molar refractivity (Wildman–Crippen MR) is 152 cm³/mol. The summed E-state index contributed by atoms with van der Waals surface area (Å²) in [5.41, 5.74) is 4.57. The van der Waals surface area contributed by atoms with Crippen molar-refractivity contribution in [1.82, 2.24) is 9.88 Å². The smallest absolute Gasteiger partial charge is 0.419 e. The normalized spacial score (nSPS) is 13.4. The van der Waals surface area contributed by atoms with Crippen LogP contribution < -0.4 is 5.32 Å². The predicted octanol–water partition coefficient (Wildman–Crippen LogP) is 6.61. The number of benzene rings is 3. The van der Waals surface area contributed by atoms with Gasteiger partial charge in [0.2, 0.25) is 0 Å². The van der Waals surface area contributed by atoms with Gasteiger partial charge in [-0.05, 0) is 60.7 Å². The Hall–Kier alpha value is -4.30. The number of aliphatic carboxylic acids is 1. The molecule has 1 heterocycles. The van der Waals surface area contributed by atoms with E-state index in [1.807, 2.05) is 48.5 Å². The molecule has 206 valence electrons. The lowest BCUT2D eigenvalue weighted by atomic mass is 9.98. The number of carboxylic acids is 1. The van der Waals surface area contributed by atoms with Gasteiger partial charge in [0.25, 0.3) is 0 Å². The number of rotatable bonds is 6. The average Bonchev–Trinajstić information content (AvgIpc) is 3.41. The second kappa shape index (κ2) is 10.7. The number of hydrogen-bond acceptors (Lipinski definition) is 5. The van der Waals surface area contributed by atoms with Crippen molar-refractivity contribution in [1.29, 1.82) is 0 Å². The second-order valence-electron chi connectivity index (χ2n) is 10.7. The molecule has 0 fully saturated rings. The Morgan fingerprint density at radius 1 is 1.00 bits per heavy atom. The summed E-state index contributed by atoms with van der Waals surface area (Å²) < 4.78 is 12.4. The molecule has 1 amide bonds. The SMILES string of the molecule is CC(C)(C)OC(=O)n1cc(C[C@H](NC(=O)OCC2c3ccccc3-c3ccccc32)C(=O)O)c2ccc(Cl)cc21. The molecule has 2 N–H and O–H groups in total. The molecule has 1 aliphatic carbocycles. The molecule has 8 nitrogen and oxygen atoms in total. The number of fused-ring (bicyclic) bond motifs is 4. The van der Waals surface area contributed by atoms with Crippen LogP contribution in [0.5, 0.6) is 0 Å². The van der Waals surface area contributed by atoms with Crippen LogP contribution in [-0.2, 0) is 20.7 Å². The summed E-state index contributed by atoms with van der Waals surface area (Å²) in [6.07, 6.45) is -0.0340. The van der Waals surface area contributed by atoms with Gasteiger partial charge in [0.15, 0.2) is 0 Å². The van der Waals surface area contributed by atoms with Crippen molar-refractivity contribution in [3.8, 4) is 11.1 Å². The lowest BCUT2D eigenvalue weighted by Crippen LogP contribution is -2.42. The van der Waals surface area contributed by atoms with E-state index in [-0.39, 0.29) is 18.9 Å². The van der Waals surface area contributed by atoms with Crippen LogP contribution in [0.1, 0.15) is 43.4 Å². The van der Waals surface area contributed by atoms with Gasteiger partial charge in [0, 0.05) is 28.9 Å². The number of carbonyl (C=O) groups excluding carboxylic acids is 2. The fraction of sp³-hybridized carbons (Fsp3) is 0.258. The van der Waals surface area contributed by atoms with Crippen LogP contribution in [-0.4, -0.2) is 46.1 Å². The maximum absolute atomic E-state index is 12.9. The monoisotopic (exact) mass is 560 g/mol. The van der Waals surface area contributed by atoms with Crippen LogP contribution >= 0.6 is 11.6 Å². The molecule has 0 bridgehead atoms. The molecule has 9 heteroatoms. The largest absolute Gasteiger partial charge is 0.480 e. The molecule has 40 heavy (non-hydrogen) atoms.